The average Bonchev–Trinajstić information content (AvgIpc) is 3.00. The van der Waals surface area contributed by atoms with E-state index < -0.39 is 15.4 Å². The molecule has 0 bridgehead atoms. The van der Waals surface area contributed by atoms with Gasteiger partial charge in [0.2, 0.25) is 10.0 Å². The lowest BCUT2D eigenvalue weighted by atomic mass is 10.2. The Morgan fingerprint density at radius 3 is 2.86 bits per heavy atom. The maximum absolute atomic E-state index is 12.5. The molecule has 1 aromatic heterocycles. The van der Waals surface area contributed by atoms with Crippen LogP contribution in [0.5, 0.6) is 0 Å². The highest BCUT2D eigenvalue weighted by molar-refractivity contribution is 7.89. The van der Waals surface area contributed by atoms with Gasteiger partial charge in [0, 0.05) is 32.0 Å². The Bertz CT molecular complexity index is 645. The second-order valence-electron chi connectivity index (χ2n) is 5.98. The second-order valence-corrected chi connectivity index (χ2v) is 7.95. The van der Waals surface area contributed by atoms with Crippen molar-refractivity contribution in [2.45, 2.75) is 18.9 Å². The molecule has 0 radical (unpaired) electrons. The Hall–Kier alpha value is -1.43. The van der Waals surface area contributed by atoms with Gasteiger partial charge in [-0.15, -0.1) is 0 Å². The van der Waals surface area contributed by atoms with Gasteiger partial charge in [-0.25, -0.2) is 13.4 Å². The van der Waals surface area contributed by atoms with E-state index in [-0.39, 0.29) is 11.8 Å². The molecule has 1 saturated heterocycles. The topological polar surface area (TPSA) is 93.1 Å². The fourth-order valence-corrected chi connectivity index (χ4v) is 4.70. The molecular weight excluding hydrogens is 290 g/mol. The number of hydrogen-bond donors (Lipinski definition) is 1. The van der Waals surface area contributed by atoms with E-state index >= 15 is 0 Å². The third-order valence-corrected chi connectivity index (χ3v) is 6.42. The molecule has 7 nitrogen and oxygen atoms in total. The Morgan fingerprint density at radius 2 is 2.29 bits per heavy atom. The third kappa shape index (κ3) is 2.81. The van der Waals surface area contributed by atoms with Crippen molar-refractivity contribution in [3.05, 3.63) is 18.2 Å². The zero-order valence-corrected chi connectivity index (χ0v) is 12.8. The normalized spacial score (nSPS) is 26.4. The minimum absolute atomic E-state index is 0.0505. The summed E-state index contributed by atoms with van der Waals surface area (Å²) in [6, 6.07) is 2.09. The molecule has 8 heteroatoms. The van der Waals surface area contributed by atoms with Gasteiger partial charge in [0.1, 0.15) is 5.82 Å². The Labute approximate surface area is 124 Å². The summed E-state index contributed by atoms with van der Waals surface area (Å²) in [5.41, 5.74) is -0.637. The first-order valence-electron chi connectivity index (χ1n) is 7.04. The van der Waals surface area contributed by atoms with Gasteiger partial charge in [-0.3, -0.25) is 4.90 Å². The molecule has 0 amide bonds. The van der Waals surface area contributed by atoms with E-state index in [1.807, 2.05) is 7.05 Å². The highest BCUT2D eigenvalue weighted by Gasteiger charge is 2.48. The summed E-state index contributed by atoms with van der Waals surface area (Å²) in [5, 5.41) is 9.11. The van der Waals surface area contributed by atoms with E-state index in [1.165, 1.54) is 4.31 Å². The van der Waals surface area contributed by atoms with Crippen LogP contribution < -0.4 is 0 Å². The van der Waals surface area contributed by atoms with Crippen LogP contribution in [0.3, 0.4) is 0 Å². The summed E-state index contributed by atoms with van der Waals surface area (Å²) in [6.45, 7) is 1.51. The SMILES string of the molecule is CN1CCN(S(=O)(=O)CC2(C#N)CC2)C[C@H]1c1ncc[nH]1. The number of aromatic nitrogens is 2. The van der Waals surface area contributed by atoms with Gasteiger partial charge in [0.05, 0.1) is 23.3 Å². The van der Waals surface area contributed by atoms with Gasteiger partial charge in [-0.05, 0) is 19.9 Å². The fourth-order valence-electron chi connectivity index (χ4n) is 2.74. The van der Waals surface area contributed by atoms with Crippen molar-refractivity contribution in [3.8, 4) is 6.07 Å². The molecular formula is C13H19N5O2S. The van der Waals surface area contributed by atoms with Gasteiger partial charge in [-0.1, -0.05) is 0 Å². The molecule has 2 aliphatic rings. The molecule has 1 aliphatic heterocycles. The molecule has 1 N–H and O–H groups in total. The van der Waals surface area contributed by atoms with E-state index in [9.17, 15) is 8.42 Å². The monoisotopic (exact) mass is 309 g/mol. The summed E-state index contributed by atoms with van der Waals surface area (Å²) in [7, 11) is -1.43. The minimum Gasteiger partial charge on any atom is -0.347 e. The van der Waals surface area contributed by atoms with Crippen molar-refractivity contribution in [1.29, 1.82) is 5.26 Å². The predicted octanol–water partition coefficient (Wildman–Crippen LogP) is 0.332. The first-order valence-corrected chi connectivity index (χ1v) is 8.65. The van der Waals surface area contributed by atoms with Crippen LogP contribution in [-0.4, -0.2) is 60.0 Å². The number of H-pyrrole nitrogens is 1. The molecule has 1 atom stereocenters. The highest BCUT2D eigenvalue weighted by atomic mass is 32.2. The number of aromatic amines is 1. The Balaban J connectivity index is 1.76. The molecule has 3 rings (SSSR count). The molecule has 2 fully saturated rings. The maximum atomic E-state index is 12.5. The van der Waals surface area contributed by atoms with Crippen molar-refractivity contribution in [2.75, 3.05) is 32.4 Å². The lowest BCUT2D eigenvalue weighted by Crippen LogP contribution is -2.50. The zero-order chi connectivity index (χ0) is 15.1. The average molecular weight is 309 g/mol. The molecule has 2 heterocycles. The van der Waals surface area contributed by atoms with E-state index in [0.29, 0.717) is 32.5 Å². The van der Waals surface area contributed by atoms with Gasteiger partial charge in [0.15, 0.2) is 0 Å². The third-order valence-electron chi connectivity index (χ3n) is 4.39. The van der Waals surface area contributed by atoms with Gasteiger partial charge < -0.3 is 4.98 Å². The van der Waals surface area contributed by atoms with Crippen molar-refractivity contribution in [2.24, 2.45) is 5.41 Å². The molecule has 1 aromatic rings. The van der Waals surface area contributed by atoms with Crippen LogP contribution in [0.4, 0.5) is 0 Å². The van der Waals surface area contributed by atoms with Gasteiger partial charge in [0.25, 0.3) is 0 Å². The number of nitrogens with zero attached hydrogens (tertiary/aromatic N) is 4. The van der Waals surface area contributed by atoms with Crippen LogP contribution in [0.15, 0.2) is 12.4 Å². The van der Waals surface area contributed by atoms with Crippen LogP contribution in [-0.2, 0) is 10.0 Å². The molecule has 0 aromatic carbocycles. The smallest absolute Gasteiger partial charge is 0.215 e. The van der Waals surface area contributed by atoms with Crippen LogP contribution in [0, 0.1) is 16.7 Å². The highest BCUT2D eigenvalue weighted by Crippen LogP contribution is 2.46. The Kier molecular flexibility index (Phi) is 3.51. The summed E-state index contributed by atoms with van der Waals surface area (Å²) < 4.78 is 26.6. The standard InChI is InChI=1S/C13H19N5O2S/c1-17-6-7-18(8-11(17)12-15-4-5-16-12)21(19,20)10-13(9-14)2-3-13/h4-5,11H,2-3,6-8,10H2,1H3,(H,15,16)/t11-/m0/s1. The number of sulfonamides is 1. The van der Waals surface area contributed by atoms with Crippen molar-refractivity contribution >= 4 is 10.0 Å². The summed E-state index contributed by atoms with van der Waals surface area (Å²) in [6.07, 6.45) is 4.80. The second kappa shape index (κ2) is 5.09. The molecule has 0 spiro atoms. The predicted molar refractivity (Wildman–Crippen MR) is 76.6 cm³/mol. The maximum Gasteiger partial charge on any atom is 0.215 e. The minimum atomic E-state index is -3.40. The zero-order valence-electron chi connectivity index (χ0n) is 12.0. The van der Waals surface area contributed by atoms with Crippen LogP contribution >= 0.6 is 0 Å². The molecule has 114 valence electrons. The first-order chi connectivity index (χ1) is 9.96. The van der Waals surface area contributed by atoms with Crippen LogP contribution in [0.25, 0.3) is 0 Å². The number of imidazole rings is 1. The van der Waals surface area contributed by atoms with E-state index in [1.54, 1.807) is 12.4 Å². The van der Waals surface area contributed by atoms with E-state index in [0.717, 1.165) is 5.82 Å². The van der Waals surface area contributed by atoms with Crippen LogP contribution in [0.2, 0.25) is 0 Å². The Morgan fingerprint density at radius 1 is 1.52 bits per heavy atom. The lowest BCUT2D eigenvalue weighted by molar-refractivity contribution is 0.142. The number of rotatable bonds is 4. The van der Waals surface area contributed by atoms with Crippen molar-refractivity contribution in [3.63, 3.8) is 0 Å². The molecule has 1 aliphatic carbocycles. The quantitative estimate of drug-likeness (QED) is 0.865. The molecule has 0 unspecified atom stereocenters. The van der Waals surface area contributed by atoms with Crippen molar-refractivity contribution < 1.29 is 8.42 Å². The number of nitrogens with one attached hydrogen (secondary N) is 1. The summed E-state index contributed by atoms with van der Waals surface area (Å²) in [4.78, 5) is 9.39. The lowest BCUT2D eigenvalue weighted by Gasteiger charge is -2.37. The number of likely N-dealkylation sites (N-methyl/N-ethyl adjacent to an activating group) is 1. The first kappa shape index (κ1) is 14.5. The summed E-state index contributed by atoms with van der Waals surface area (Å²) >= 11 is 0. The van der Waals surface area contributed by atoms with Crippen LogP contribution in [0.1, 0.15) is 24.7 Å². The number of nitriles is 1. The fraction of sp³-hybridized carbons (Fsp3) is 0.692. The van der Waals surface area contributed by atoms with E-state index in [4.69, 9.17) is 5.26 Å². The molecule has 21 heavy (non-hydrogen) atoms. The molecule has 1 saturated carbocycles. The number of hydrogen-bond acceptors (Lipinski definition) is 5. The van der Waals surface area contributed by atoms with Gasteiger partial charge >= 0.3 is 0 Å². The summed E-state index contributed by atoms with van der Waals surface area (Å²) in [5.74, 6) is 0.726. The van der Waals surface area contributed by atoms with Gasteiger partial charge in [-0.2, -0.15) is 9.57 Å². The largest absolute Gasteiger partial charge is 0.347 e. The van der Waals surface area contributed by atoms with E-state index in [2.05, 4.69) is 20.9 Å². The van der Waals surface area contributed by atoms with Crippen molar-refractivity contribution in [1.82, 2.24) is 19.2 Å². The number of piperazine rings is 1.